The minimum atomic E-state index is 0.222. The first-order chi connectivity index (χ1) is 13.2. The Morgan fingerprint density at radius 3 is 2.33 bits per heavy atom. The monoisotopic (exact) mass is 374 g/mol. The number of hydrogen-bond donors (Lipinski definition) is 2. The fourth-order valence-electron chi connectivity index (χ4n) is 3.06. The Labute approximate surface area is 163 Å². The number of amides is 1. The van der Waals surface area contributed by atoms with E-state index < -0.39 is 0 Å². The number of nitrogens with one attached hydrogen (secondary N) is 2. The van der Waals surface area contributed by atoms with Crippen LogP contribution in [0.25, 0.3) is 0 Å². The normalized spacial score (nSPS) is 13.6. The molecule has 1 heterocycles. The highest BCUT2D eigenvalue weighted by molar-refractivity contribution is 5.80. The number of carbonyl (C=O) groups excluding carboxylic acids is 1. The van der Waals surface area contributed by atoms with Crippen LogP contribution in [0.2, 0.25) is 0 Å². The van der Waals surface area contributed by atoms with Gasteiger partial charge in [-0.25, -0.2) is 0 Å². The van der Waals surface area contributed by atoms with Gasteiger partial charge in [0.1, 0.15) is 0 Å². The van der Waals surface area contributed by atoms with Crippen LogP contribution in [0.5, 0.6) is 0 Å². The van der Waals surface area contributed by atoms with Gasteiger partial charge in [-0.15, -0.1) is 0 Å². The fraction of sp³-hybridized carbons (Fsp3) is 0.619. The Bertz CT molecular complexity index is 579. The molecule has 0 saturated carbocycles. The summed E-state index contributed by atoms with van der Waals surface area (Å²) in [6.07, 6.45) is 4.61. The lowest BCUT2D eigenvalue weighted by atomic mass is 10.1. The fourth-order valence-corrected chi connectivity index (χ4v) is 3.06. The molecule has 1 aliphatic heterocycles. The van der Waals surface area contributed by atoms with E-state index >= 15 is 0 Å². The quantitative estimate of drug-likeness (QED) is 0.355. The number of guanidine groups is 1. The van der Waals surface area contributed by atoms with E-state index in [1.54, 1.807) is 7.05 Å². The van der Waals surface area contributed by atoms with Gasteiger partial charge in [-0.05, 0) is 30.4 Å². The molecule has 1 amide bonds. The summed E-state index contributed by atoms with van der Waals surface area (Å²) < 4.78 is 5.54. The molecule has 1 aliphatic rings. The molecule has 0 unspecified atom stereocenters. The van der Waals surface area contributed by atoms with Crippen molar-refractivity contribution in [1.82, 2.24) is 15.5 Å². The molecule has 6 nitrogen and oxygen atoms in total. The summed E-state index contributed by atoms with van der Waals surface area (Å²) in [5.74, 6) is 1.00. The van der Waals surface area contributed by atoms with E-state index in [-0.39, 0.29) is 5.91 Å². The average molecular weight is 375 g/mol. The maximum absolute atomic E-state index is 12.4. The second-order valence-electron chi connectivity index (χ2n) is 6.87. The van der Waals surface area contributed by atoms with Gasteiger partial charge < -0.3 is 20.3 Å². The van der Waals surface area contributed by atoms with Crippen LogP contribution < -0.4 is 10.6 Å². The minimum absolute atomic E-state index is 0.222. The first-order valence-corrected chi connectivity index (χ1v) is 10.1. The van der Waals surface area contributed by atoms with Crippen molar-refractivity contribution in [3.63, 3.8) is 0 Å². The van der Waals surface area contributed by atoms with Crippen molar-refractivity contribution in [3.05, 3.63) is 35.4 Å². The summed E-state index contributed by atoms with van der Waals surface area (Å²) in [6.45, 7) is 6.84. The van der Waals surface area contributed by atoms with Crippen LogP contribution in [0.15, 0.2) is 29.3 Å². The summed E-state index contributed by atoms with van der Waals surface area (Å²) in [5.41, 5.74) is 2.54. The van der Waals surface area contributed by atoms with E-state index in [1.165, 1.54) is 17.5 Å². The predicted molar refractivity (Wildman–Crippen MR) is 110 cm³/mol. The van der Waals surface area contributed by atoms with Gasteiger partial charge in [-0.1, -0.05) is 37.6 Å². The van der Waals surface area contributed by atoms with Crippen molar-refractivity contribution in [1.29, 1.82) is 0 Å². The first-order valence-electron chi connectivity index (χ1n) is 10.1. The third-order valence-corrected chi connectivity index (χ3v) is 4.68. The Morgan fingerprint density at radius 1 is 1.07 bits per heavy atom. The van der Waals surface area contributed by atoms with Crippen molar-refractivity contribution < 1.29 is 9.53 Å². The molecule has 0 fully saturated rings. The van der Waals surface area contributed by atoms with E-state index in [2.05, 4.69) is 34.7 Å². The summed E-state index contributed by atoms with van der Waals surface area (Å²) in [4.78, 5) is 18.5. The van der Waals surface area contributed by atoms with Gasteiger partial charge in [0.15, 0.2) is 5.96 Å². The number of unbranched alkanes of at least 4 members (excludes halogenated alkanes) is 1. The second kappa shape index (κ2) is 12.3. The van der Waals surface area contributed by atoms with Crippen molar-refractivity contribution in [2.24, 2.45) is 4.99 Å². The molecular weight excluding hydrogens is 340 g/mol. The van der Waals surface area contributed by atoms with E-state index in [0.29, 0.717) is 6.42 Å². The van der Waals surface area contributed by atoms with Crippen LogP contribution in [0.4, 0.5) is 0 Å². The Morgan fingerprint density at radius 2 is 1.70 bits per heavy atom. The topological polar surface area (TPSA) is 66.0 Å². The highest BCUT2D eigenvalue weighted by Gasteiger charge is 2.22. The van der Waals surface area contributed by atoms with Gasteiger partial charge in [-0.3, -0.25) is 9.79 Å². The van der Waals surface area contributed by atoms with Crippen molar-refractivity contribution in [2.45, 2.75) is 52.1 Å². The maximum Gasteiger partial charge on any atom is 0.223 e. The first kappa shape index (κ1) is 21.2. The molecule has 2 rings (SSSR count). The molecule has 0 aliphatic carbocycles. The van der Waals surface area contributed by atoms with E-state index in [4.69, 9.17) is 4.74 Å². The molecule has 1 aromatic rings. The molecule has 2 N–H and O–H groups in total. The van der Waals surface area contributed by atoms with Crippen molar-refractivity contribution in [2.75, 3.05) is 33.4 Å². The van der Waals surface area contributed by atoms with Crippen molar-refractivity contribution >= 4 is 11.9 Å². The van der Waals surface area contributed by atoms with E-state index in [1.807, 2.05) is 17.0 Å². The van der Waals surface area contributed by atoms with Crippen LogP contribution in [-0.4, -0.2) is 50.1 Å². The number of rotatable bonds is 11. The lowest BCUT2D eigenvalue weighted by molar-refractivity contribution is -0.131. The number of carbonyl (C=O) groups is 1. The molecule has 0 bridgehead atoms. The Kier molecular flexibility index (Phi) is 9.69. The standard InChI is InChI=1S/C21H34N4O2/c1-3-4-14-27-15-8-13-24-21(22-2)23-12-7-11-20(26)25-16-18-9-5-6-10-19(18)17-25/h5-6,9-10H,3-4,7-8,11-17H2,1-2H3,(H2,22,23,24). The number of benzene rings is 1. The molecule has 0 atom stereocenters. The smallest absolute Gasteiger partial charge is 0.223 e. The van der Waals surface area contributed by atoms with Gasteiger partial charge in [0.2, 0.25) is 5.91 Å². The van der Waals surface area contributed by atoms with Crippen LogP contribution >= 0.6 is 0 Å². The zero-order valence-corrected chi connectivity index (χ0v) is 16.8. The number of ether oxygens (including phenoxy) is 1. The molecule has 6 heteroatoms. The van der Waals surface area contributed by atoms with Gasteiger partial charge >= 0.3 is 0 Å². The number of fused-ring (bicyclic) bond motifs is 1. The van der Waals surface area contributed by atoms with E-state index in [0.717, 1.165) is 64.6 Å². The summed E-state index contributed by atoms with van der Waals surface area (Å²) in [5, 5.41) is 6.55. The van der Waals surface area contributed by atoms with Gasteiger partial charge in [-0.2, -0.15) is 0 Å². The number of nitrogens with zero attached hydrogens (tertiary/aromatic N) is 2. The molecule has 150 valence electrons. The van der Waals surface area contributed by atoms with Gasteiger partial charge in [0.25, 0.3) is 0 Å². The molecular formula is C21H34N4O2. The lowest BCUT2D eigenvalue weighted by Gasteiger charge is -2.16. The molecule has 0 spiro atoms. The molecule has 0 aromatic heterocycles. The highest BCUT2D eigenvalue weighted by Crippen LogP contribution is 2.22. The maximum atomic E-state index is 12.4. The Hall–Kier alpha value is -2.08. The third-order valence-electron chi connectivity index (χ3n) is 4.68. The zero-order chi connectivity index (χ0) is 19.3. The number of aliphatic imine (C=N–C) groups is 1. The Balaban J connectivity index is 1.53. The zero-order valence-electron chi connectivity index (χ0n) is 16.8. The van der Waals surface area contributed by atoms with Crippen LogP contribution in [0.3, 0.4) is 0 Å². The molecule has 27 heavy (non-hydrogen) atoms. The minimum Gasteiger partial charge on any atom is -0.381 e. The van der Waals surface area contributed by atoms with Crippen LogP contribution in [0, 0.1) is 0 Å². The largest absolute Gasteiger partial charge is 0.381 e. The predicted octanol–water partition coefficient (Wildman–Crippen LogP) is 2.68. The highest BCUT2D eigenvalue weighted by atomic mass is 16.5. The SMILES string of the molecule is CCCCOCCCNC(=NC)NCCCC(=O)N1Cc2ccccc2C1. The lowest BCUT2D eigenvalue weighted by Crippen LogP contribution is -2.38. The van der Waals surface area contributed by atoms with E-state index in [9.17, 15) is 4.79 Å². The molecule has 1 aromatic carbocycles. The van der Waals surface area contributed by atoms with Crippen molar-refractivity contribution in [3.8, 4) is 0 Å². The summed E-state index contributed by atoms with van der Waals surface area (Å²) in [6, 6.07) is 8.28. The number of hydrogen-bond acceptors (Lipinski definition) is 3. The third kappa shape index (κ3) is 7.59. The summed E-state index contributed by atoms with van der Waals surface area (Å²) in [7, 11) is 1.76. The molecule has 0 saturated heterocycles. The van der Waals surface area contributed by atoms with Gasteiger partial charge in [0, 0.05) is 52.9 Å². The van der Waals surface area contributed by atoms with Crippen LogP contribution in [0.1, 0.15) is 50.2 Å². The van der Waals surface area contributed by atoms with Crippen LogP contribution in [-0.2, 0) is 22.6 Å². The summed E-state index contributed by atoms with van der Waals surface area (Å²) >= 11 is 0. The second-order valence-corrected chi connectivity index (χ2v) is 6.87. The van der Waals surface area contributed by atoms with Gasteiger partial charge in [0.05, 0.1) is 0 Å². The average Bonchev–Trinajstić information content (AvgIpc) is 3.13. The molecule has 0 radical (unpaired) electrons.